The topological polar surface area (TPSA) is 92.7 Å². The van der Waals surface area contributed by atoms with Crippen molar-refractivity contribution in [2.45, 2.75) is 71.1 Å². The van der Waals surface area contributed by atoms with Crippen molar-refractivity contribution in [3.05, 3.63) is 29.8 Å². The first-order chi connectivity index (χ1) is 13.5. The van der Waals surface area contributed by atoms with Crippen molar-refractivity contribution in [3.63, 3.8) is 0 Å². The highest BCUT2D eigenvalue weighted by atomic mass is 16.5. The molecule has 1 aromatic rings. The largest absolute Gasteiger partial charge is 0.494 e. The molecule has 0 aliphatic rings. The van der Waals surface area contributed by atoms with Crippen LogP contribution in [-0.2, 0) is 9.59 Å². The highest BCUT2D eigenvalue weighted by Gasteiger charge is 2.03. The summed E-state index contributed by atoms with van der Waals surface area (Å²) in [5, 5.41) is 11.7. The molecule has 0 atom stereocenters. The molecule has 0 aliphatic carbocycles. The molecule has 0 unspecified atom stereocenters. The van der Waals surface area contributed by atoms with E-state index in [1.54, 1.807) is 31.2 Å². The van der Waals surface area contributed by atoms with Gasteiger partial charge >= 0.3 is 5.97 Å². The van der Waals surface area contributed by atoms with Gasteiger partial charge in [-0.1, -0.05) is 32.1 Å². The van der Waals surface area contributed by atoms with Gasteiger partial charge in [-0.2, -0.15) is 0 Å². The fourth-order valence-electron chi connectivity index (χ4n) is 2.81. The standard InChI is InChI=1S/C22H33NO5/c1-18(24)10-9-16-23-21(25)11-7-5-3-2-4-6-8-17-28-20-14-12-19(13-15-20)22(26)27/h12-15H,2-11,16-17H2,1H3,(H,23,25)(H,26,27). The van der Waals surface area contributed by atoms with Crippen molar-refractivity contribution in [2.75, 3.05) is 13.2 Å². The van der Waals surface area contributed by atoms with Crippen LogP contribution in [0.5, 0.6) is 5.75 Å². The molecule has 1 aromatic carbocycles. The maximum absolute atomic E-state index is 11.6. The summed E-state index contributed by atoms with van der Waals surface area (Å²) in [6.07, 6.45) is 9.31. The Balaban J connectivity index is 1.89. The number of aromatic carboxylic acids is 1. The second-order valence-corrected chi connectivity index (χ2v) is 7.06. The number of rotatable bonds is 16. The SMILES string of the molecule is CC(=O)CCCNC(=O)CCCCCCCCCOc1ccc(C(=O)O)cc1. The van der Waals surface area contributed by atoms with Crippen molar-refractivity contribution in [2.24, 2.45) is 0 Å². The summed E-state index contributed by atoms with van der Waals surface area (Å²) >= 11 is 0. The molecule has 6 heteroatoms. The Bertz CT molecular complexity index is 597. The number of nitrogens with one attached hydrogen (secondary N) is 1. The Morgan fingerprint density at radius 2 is 1.46 bits per heavy atom. The van der Waals surface area contributed by atoms with Gasteiger partial charge in [-0.3, -0.25) is 4.79 Å². The molecule has 28 heavy (non-hydrogen) atoms. The summed E-state index contributed by atoms with van der Waals surface area (Å²) in [6.45, 7) is 2.79. The van der Waals surface area contributed by atoms with Gasteiger partial charge in [-0.15, -0.1) is 0 Å². The number of benzene rings is 1. The van der Waals surface area contributed by atoms with Crippen LogP contribution in [-0.4, -0.2) is 35.9 Å². The third-order valence-corrected chi connectivity index (χ3v) is 4.45. The third-order valence-electron chi connectivity index (χ3n) is 4.45. The van der Waals surface area contributed by atoms with Crippen LogP contribution >= 0.6 is 0 Å². The number of ether oxygens (including phenoxy) is 1. The number of amides is 1. The van der Waals surface area contributed by atoms with Crippen molar-refractivity contribution in [3.8, 4) is 5.75 Å². The predicted molar refractivity (Wildman–Crippen MR) is 109 cm³/mol. The molecule has 6 nitrogen and oxygen atoms in total. The average molecular weight is 392 g/mol. The van der Waals surface area contributed by atoms with Gasteiger partial charge in [-0.25, -0.2) is 4.79 Å². The molecule has 0 saturated heterocycles. The summed E-state index contributed by atoms with van der Waals surface area (Å²) in [6, 6.07) is 6.46. The van der Waals surface area contributed by atoms with E-state index >= 15 is 0 Å². The van der Waals surface area contributed by atoms with Crippen LogP contribution in [0.3, 0.4) is 0 Å². The van der Waals surface area contributed by atoms with Crippen molar-refractivity contribution in [1.82, 2.24) is 5.32 Å². The quantitative estimate of drug-likeness (QED) is 0.408. The molecule has 0 aliphatic heterocycles. The van der Waals surface area contributed by atoms with E-state index in [0.717, 1.165) is 51.4 Å². The molecular formula is C22H33NO5. The molecule has 0 spiro atoms. The molecule has 0 fully saturated rings. The molecule has 1 amide bonds. The number of ketones is 1. The Labute approximate surface area is 167 Å². The zero-order valence-corrected chi connectivity index (χ0v) is 16.9. The fraction of sp³-hybridized carbons (Fsp3) is 0.591. The third kappa shape index (κ3) is 12.1. The molecule has 0 saturated carbocycles. The van der Waals surface area contributed by atoms with E-state index in [2.05, 4.69) is 5.32 Å². The number of carboxylic acids is 1. The maximum Gasteiger partial charge on any atom is 0.335 e. The van der Waals surface area contributed by atoms with Crippen LogP contribution in [0.1, 0.15) is 81.5 Å². The Hall–Kier alpha value is -2.37. The second kappa shape index (κ2) is 14.7. The van der Waals surface area contributed by atoms with Gasteiger partial charge in [-0.05, 0) is 50.5 Å². The molecular weight excluding hydrogens is 358 g/mol. The second-order valence-electron chi connectivity index (χ2n) is 7.06. The van der Waals surface area contributed by atoms with E-state index in [1.807, 2.05) is 0 Å². The van der Waals surface area contributed by atoms with Crippen LogP contribution in [0.15, 0.2) is 24.3 Å². The van der Waals surface area contributed by atoms with E-state index < -0.39 is 5.97 Å². The highest BCUT2D eigenvalue weighted by molar-refractivity contribution is 5.87. The summed E-state index contributed by atoms with van der Waals surface area (Å²) in [5.41, 5.74) is 0.262. The van der Waals surface area contributed by atoms with Gasteiger partial charge in [0.05, 0.1) is 12.2 Å². The normalized spacial score (nSPS) is 10.5. The van der Waals surface area contributed by atoms with Gasteiger partial charge in [0.2, 0.25) is 5.91 Å². The molecule has 0 bridgehead atoms. The fourth-order valence-corrected chi connectivity index (χ4v) is 2.81. The van der Waals surface area contributed by atoms with Gasteiger partial charge in [0, 0.05) is 19.4 Å². The van der Waals surface area contributed by atoms with Crippen molar-refractivity contribution >= 4 is 17.7 Å². The summed E-state index contributed by atoms with van der Waals surface area (Å²) in [7, 11) is 0. The lowest BCUT2D eigenvalue weighted by atomic mass is 10.1. The summed E-state index contributed by atoms with van der Waals surface area (Å²) < 4.78 is 5.61. The molecule has 0 aromatic heterocycles. The molecule has 0 radical (unpaired) electrons. The molecule has 156 valence electrons. The number of hydrogen-bond donors (Lipinski definition) is 2. The zero-order chi connectivity index (χ0) is 20.6. The summed E-state index contributed by atoms with van der Waals surface area (Å²) in [5.74, 6) is 0.00806. The van der Waals surface area contributed by atoms with E-state index in [-0.39, 0.29) is 17.3 Å². The minimum absolute atomic E-state index is 0.0806. The minimum Gasteiger partial charge on any atom is -0.494 e. The first-order valence-corrected chi connectivity index (χ1v) is 10.2. The maximum atomic E-state index is 11.6. The van der Waals surface area contributed by atoms with Crippen LogP contribution < -0.4 is 10.1 Å². The van der Waals surface area contributed by atoms with Gasteiger partial charge in [0.15, 0.2) is 0 Å². The predicted octanol–water partition coefficient (Wildman–Crippen LogP) is 4.37. The lowest BCUT2D eigenvalue weighted by Gasteiger charge is -2.07. The minimum atomic E-state index is -0.933. The number of carboxylic acid groups (broad SMARTS) is 1. The lowest BCUT2D eigenvalue weighted by Crippen LogP contribution is -2.24. The van der Waals surface area contributed by atoms with E-state index in [0.29, 0.717) is 31.7 Å². The van der Waals surface area contributed by atoms with Crippen LogP contribution in [0.4, 0.5) is 0 Å². The number of hydrogen-bond acceptors (Lipinski definition) is 4. The number of unbranched alkanes of at least 4 members (excludes halogenated alkanes) is 6. The molecule has 1 rings (SSSR count). The Morgan fingerprint density at radius 3 is 2.07 bits per heavy atom. The van der Waals surface area contributed by atoms with E-state index in [9.17, 15) is 14.4 Å². The Morgan fingerprint density at radius 1 is 0.857 bits per heavy atom. The van der Waals surface area contributed by atoms with E-state index in [1.165, 1.54) is 0 Å². The molecule has 2 N–H and O–H groups in total. The zero-order valence-electron chi connectivity index (χ0n) is 16.9. The smallest absolute Gasteiger partial charge is 0.335 e. The number of Topliss-reactive ketones (excluding diaryl/α,β-unsaturated/α-hetero) is 1. The van der Waals surface area contributed by atoms with Crippen LogP contribution in [0, 0.1) is 0 Å². The molecule has 0 heterocycles. The number of carbonyl (C=O) groups is 3. The van der Waals surface area contributed by atoms with Crippen LogP contribution in [0.25, 0.3) is 0 Å². The highest BCUT2D eigenvalue weighted by Crippen LogP contribution is 2.14. The lowest BCUT2D eigenvalue weighted by molar-refractivity contribution is -0.121. The van der Waals surface area contributed by atoms with Gasteiger partial charge in [0.1, 0.15) is 11.5 Å². The van der Waals surface area contributed by atoms with Gasteiger partial charge in [0.25, 0.3) is 0 Å². The van der Waals surface area contributed by atoms with Gasteiger partial charge < -0.3 is 20.0 Å². The monoisotopic (exact) mass is 391 g/mol. The van der Waals surface area contributed by atoms with E-state index in [4.69, 9.17) is 9.84 Å². The van der Waals surface area contributed by atoms with Crippen molar-refractivity contribution in [1.29, 1.82) is 0 Å². The van der Waals surface area contributed by atoms with Crippen molar-refractivity contribution < 1.29 is 24.2 Å². The number of carbonyl (C=O) groups excluding carboxylic acids is 2. The summed E-state index contributed by atoms with van der Waals surface area (Å²) in [4.78, 5) is 33.2. The first kappa shape index (κ1) is 23.7. The average Bonchev–Trinajstić information content (AvgIpc) is 2.67. The first-order valence-electron chi connectivity index (χ1n) is 10.2. The van der Waals surface area contributed by atoms with Crippen LogP contribution in [0.2, 0.25) is 0 Å². The Kier molecular flexibility index (Phi) is 12.4.